The zero-order chi connectivity index (χ0) is 21.1. The largest absolute Gasteiger partial charge is 0.297 e. The molecule has 3 aromatic rings. The van der Waals surface area contributed by atoms with Gasteiger partial charge >= 0.3 is 0 Å². The fourth-order valence-corrected chi connectivity index (χ4v) is 3.99. The van der Waals surface area contributed by atoms with E-state index in [0.717, 1.165) is 16.9 Å². The van der Waals surface area contributed by atoms with Crippen LogP contribution in [0, 0.1) is 0 Å². The average Bonchev–Trinajstić information content (AvgIpc) is 3.20. The van der Waals surface area contributed by atoms with E-state index in [0.29, 0.717) is 21.3 Å². The van der Waals surface area contributed by atoms with E-state index >= 15 is 0 Å². The molecule has 2 aromatic carbocycles. The van der Waals surface area contributed by atoms with Gasteiger partial charge in [-0.1, -0.05) is 72.0 Å². The van der Waals surface area contributed by atoms with Gasteiger partial charge in [0.15, 0.2) is 5.13 Å². The summed E-state index contributed by atoms with van der Waals surface area (Å²) in [5.74, 6) is -0.725. The molecule has 2 amide bonds. The van der Waals surface area contributed by atoms with Gasteiger partial charge in [-0.2, -0.15) is 5.10 Å². The first kappa shape index (κ1) is 19.7. The lowest BCUT2D eigenvalue weighted by atomic mass is 10.1. The number of nitrogens with one attached hydrogen (secondary N) is 1. The van der Waals surface area contributed by atoms with Gasteiger partial charge in [-0.15, -0.1) is 0 Å². The predicted octanol–water partition coefficient (Wildman–Crippen LogP) is 3.59. The van der Waals surface area contributed by atoms with Crippen molar-refractivity contribution in [2.24, 2.45) is 5.10 Å². The molecule has 0 radical (unpaired) electrons. The fraction of sp³-hybridized carbons (Fsp3) is 0.136. The molecule has 1 aliphatic rings. The third-order valence-electron chi connectivity index (χ3n) is 4.61. The molecule has 0 aliphatic carbocycles. The maximum absolute atomic E-state index is 13.1. The number of anilines is 1. The van der Waals surface area contributed by atoms with Crippen LogP contribution in [0.3, 0.4) is 0 Å². The number of carbonyl (C=O) groups is 3. The first-order valence-corrected chi connectivity index (χ1v) is 10.2. The Hall–Kier alpha value is -3.65. The fourth-order valence-electron chi connectivity index (χ4n) is 3.04. The molecule has 4 rings (SSSR count). The summed E-state index contributed by atoms with van der Waals surface area (Å²) < 4.78 is 0. The number of hydrogen-bond acceptors (Lipinski definition) is 6. The highest BCUT2D eigenvalue weighted by atomic mass is 32.1. The number of benzene rings is 2. The molecule has 1 aromatic heterocycles. The summed E-state index contributed by atoms with van der Waals surface area (Å²) in [5, 5.41) is 8.23. The first-order chi connectivity index (χ1) is 14.5. The van der Waals surface area contributed by atoms with Crippen LogP contribution >= 0.6 is 11.3 Å². The maximum Gasteiger partial charge on any atom is 0.273 e. The Morgan fingerprint density at radius 2 is 1.67 bits per heavy atom. The highest BCUT2D eigenvalue weighted by molar-refractivity contribution is 7.18. The zero-order valence-corrected chi connectivity index (χ0v) is 17.0. The minimum Gasteiger partial charge on any atom is -0.297 e. The number of ketones is 1. The summed E-state index contributed by atoms with van der Waals surface area (Å²) in [6.45, 7) is 0. The normalized spacial score (nSPS) is 13.7. The Labute approximate surface area is 177 Å². The zero-order valence-electron chi connectivity index (χ0n) is 16.2. The minimum atomic E-state index is -0.429. The van der Waals surface area contributed by atoms with E-state index < -0.39 is 5.91 Å². The lowest BCUT2D eigenvalue weighted by molar-refractivity contribution is -0.130. The van der Waals surface area contributed by atoms with Gasteiger partial charge in [-0.25, -0.2) is 9.99 Å². The smallest absolute Gasteiger partial charge is 0.273 e. The second kappa shape index (κ2) is 8.38. The molecule has 8 heteroatoms. The van der Waals surface area contributed by atoms with E-state index in [4.69, 9.17) is 0 Å². The summed E-state index contributed by atoms with van der Waals surface area (Å²) in [6, 6.07) is 18.3. The van der Waals surface area contributed by atoms with Gasteiger partial charge in [-0.05, 0) is 0 Å². The summed E-state index contributed by atoms with van der Waals surface area (Å²) in [6.07, 6.45) is 0.495. The number of hydrazone groups is 1. The van der Waals surface area contributed by atoms with Crippen LogP contribution in [0.5, 0.6) is 0 Å². The highest BCUT2D eigenvalue weighted by Gasteiger charge is 2.25. The average molecular weight is 418 g/mol. The predicted molar refractivity (Wildman–Crippen MR) is 115 cm³/mol. The monoisotopic (exact) mass is 418 g/mol. The Morgan fingerprint density at radius 1 is 1.00 bits per heavy atom. The number of aromatic nitrogens is 1. The van der Waals surface area contributed by atoms with Gasteiger partial charge in [0.05, 0.1) is 5.69 Å². The number of thiazole rings is 1. The molecule has 7 nitrogen and oxygen atoms in total. The highest BCUT2D eigenvalue weighted by Crippen LogP contribution is 2.33. The number of nitrogens with zero attached hydrogens (tertiary/aromatic N) is 3. The Bertz CT molecular complexity index is 1140. The van der Waals surface area contributed by atoms with Gasteiger partial charge in [0.2, 0.25) is 11.7 Å². The maximum atomic E-state index is 13.1. The van der Waals surface area contributed by atoms with Crippen molar-refractivity contribution < 1.29 is 14.4 Å². The van der Waals surface area contributed by atoms with Crippen molar-refractivity contribution in [2.45, 2.75) is 12.8 Å². The lowest BCUT2D eigenvalue weighted by Crippen LogP contribution is -2.34. The number of carbonyl (C=O) groups excluding carboxylic acids is 3. The summed E-state index contributed by atoms with van der Waals surface area (Å²) in [5.41, 5.74) is 2.11. The number of amides is 2. The van der Waals surface area contributed by atoms with Crippen molar-refractivity contribution in [1.29, 1.82) is 0 Å². The van der Waals surface area contributed by atoms with E-state index in [1.807, 2.05) is 36.4 Å². The molecule has 1 N–H and O–H groups in total. The molecule has 2 heterocycles. The van der Waals surface area contributed by atoms with Crippen molar-refractivity contribution in [3.63, 3.8) is 0 Å². The number of rotatable bonds is 5. The second-order valence-corrected chi connectivity index (χ2v) is 7.68. The van der Waals surface area contributed by atoms with Crippen LogP contribution in [0.15, 0.2) is 65.8 Å². The third-order valence-corrected chi connectivity index (χ3v) is 5.58. The quantitative estimate of drug-likeness (QED) is 0.641. The Morgan fingerprint density at radius 3 is 2.33 bits per heavy atom. The summed E-state index contributed by atoms with van der Waals surface area (Å²) in [4.78, 5) is 42.3. The van der Waals surface area contributed by atoms with Crippen LogP contribution in [0.25, 0.3) is 11.3 Å². The van der Waals surface area contributed by atoms with Crippen LogP contribution in [0.4, 0.5) is 5.13 Å². The van der Waals surface area contributed by atoms with E-state index in [1.165, 1.54) is 12.1 Å². The molecular formula is C22H18N4O3S. The molecule has 0 saturated carbocycles. The number of hydrogen-bond donors (Lipinski definition) is 1. The van der Waals surface area contributed by atoms with Gasteiger partial charge in [-0.3, -0.25) is 19.7 Å². The first-order valence-electron chi connectivity index (χ1n) is 9.34. The SMILES string of the molecule is CN1N=C(C(=O)Nc2nc(-c3ccccc3)c(C(=O)c3ccccc3)s2)CCC1=O. The van der Waals surface area contributed by atoms with Gasteiger partial charge in [0.1, 0.15) is 10.6 Å². The van der Waals surface area contributed by atoms with Crippen molar-refractivity contribution in [2.75, 3.05) is 12.4 Å². The summed E-state index contributed by atoms with van der Waals surface area (Å²) >= 11 is 1.12. The molecule has 0 saturated heterocycles. The van der Waals surface area contributed by atoms with Gasteiger partial charge in [0, 0.05) is 31.0 Å². The molecule has 30 heavy (non-hydrogen) atoms. The van der Waals surface area contributed by atoms with E-state index in [-0.39, 0.29) is 30.2 Å². The summed E-state index contributed by atoms with van der Waals surface area (Å²) in [7, 11) is 1.52. The molecule has 0 bridgehead atoms. The van der Waals surface area contributed by atoms with Crippen LogP contribution in [-0.2, 0) is 9.59 Å². The van der Waals surface area contributed by atoms with Crippen molar-refractivity contribution >= 4 is 39.8 Å². The van der Waals surface area contributed by atoms with Crippen molar-refractivity contribution in [3.05, 3.63) is 71.1 Å². The van der Waals surface area contributed by atoms with Crippen molar-refractivity contribution in [1.82, 2.24) is 9.99 Å². The van der Waals surface area contributed by atoms with Crippen LogP contribution in [0.2, 0.25) is 0 Å². The Balaban J connectivity index is 1.67. The molecule has 1 aliphatic heterocycles. The van der Waals surface area contributed by atoms with E-state index in [9.17, 15) is 14.4 Å². The van der Waals surface area contributed by atoms with E-state index in [1.54, 1.807) is 24.3 Å². The molecular weight excluding hydrogens is 400 g/mol. The van der Waals surface area contributed by atoms with Crippen LogP contribution in [0.1, 0.15) is 28.1 Å². The van der Waals surface area contributed by atoms with Crippen LogP contribution in [-0.4, -0.2) is 40.3 Å². The third kappa shape index (κ3) is 4.04. The second-order valence-electron chi connectivity index (χ2n) is 6.68. The lowest BCUT2D eigenvalue weighted by Gasteiger charge is -2.18. The minimum absolute atomic E-state index is 0.136. The molecule has 0 spiro atoms. The Kier molecular flexibility index (Phi) is 5.49. The van der Waals surface area contributed by atoms with Gasteiger partial charge < -0.3 is 0 Å². The molecule has 150 valence electrons. The van der Waals surface area contributed by atoms with E-state index in [2.05, 4.69) is 15.4 Å². The molecule has 0 atom stereocenters. The molecule has 0 unspecified atom stereocenters. The topological polar surface area (TPSA) is 91.7 Å². The molecule has 0 fully saturated rings. The van der Waals surface area contributed by atoms with Crippen LogP contribution < -0.4 is 5.32 Å². The standard InChI is InChI=1S/C22H18N4O3S/c1-26-17(27)13-12-16(25-26)21(29)24-22-23-18(14-8-4-2-5-9-14)20(30-22)19(28)15-10-6-3-7-11-15/h2-11H,12-13H2,1H3,(H,23,24,29). The van der Waals surface area contributed by atoms with Gasteiger partial charge in [0.25, 0.3) is 5.91 Å². The van der Waals surface area contributed by atoms with Crippen molar-refractivity contribution in [3.8, 4) is 11.3 Å².